The number of pyridine rings is 3. The van der Waals surface area contributed by atoms with Crippen molar-refractivity contribution in [3.63, 3.8) is 0 Å². The molecule has 0 atom stereocenters. The van der Waals surface area contributed by atoms with E-state index in [9.17, 15) is 10.1 Å². The maximum absolute atomic E-state index is 11.3. The lowest BCUT2D eigenvalue weighted by atomic mass is 10.0. The highest BCUT2D eigenvalue weighted by atomic mass is 16.1. The van der Waals surface area contributed by atoms with Gasteiger partial charge in [0.25, 0.3) is 0 Å². The Morgan fingerprint density at radius 3 is 2.54 bits per heavy atom. The molecular formula is C27H27N9O. The number of nitrogens with zero attached hydrogens (tertiary/aromatic N) is 8. The lowest BCUT2D eigenvalue weighted by Gasteiger charge is -2.23. The van der Waals surface area contributed by atoms with Crippen molar-refractivity contribution in [2.45, 2.75) is 6.54 Å². The summed E-state index contributed by atoms with van der Waals surface area (Å²) < 4.78 is 3.50. The first-order valence-electron chi connectivity index (χ1n) is 11.9. The molecule has 186 valence electrons. The monoisotopic (exact) mass is 493 g/mol. The van der Waals surface area contributed by atoms with E-state index in [-0.39, 0.29) is 5.56 Å². The summed E-state index contributed by atoms with van der Waals surface area (Å²) in [5.74, 6) is 0.856. The van der Waals surface area contributed by atoms with E-state index in [0.29, 0.717) is 5.56 Å². The van der Waals surface area contributed by atoms with Crippen molar-refractivity contribution >= 4 is 11.3 Å². The largest absolute Gasteiger partial charge is 0.358 e. The van der Waals surface area contributed by atoms with Crippen LogP contribution in [0.15, 0.2) is 72.3 Å². The van der Waals surface area contributed by atoms with Crippen LogP contribution in [0.3, 0.4) is 0 Å². The summed E-state index contributed by atoms with van der Waals surface area (Å²) in [6, 6.07) is 11.7. The minimum atomic E-state index is -0.0951. The molecule has 0 fully saturated rings. The molecule has 10 nitrogen and oxygen atoms in total. The number of nitriles is 1. The summed E-state index contributed by atoms with van der Waals surface area (Å²) >= 11 is 0. The van der Waals surface area contributed by atoms with Crippen molar-refractivity contribution in [1.29, 1.82) is 5.26 Å². The van der Waals surface area contributed by atoms with Gasteiger partial charge in [-0.2, -0.15) is 15.5 Å². The van der Waals surface area contributed by atoms with E-state index in [1.165, 1.54) is 0 Å². The Balaban J connectivity index is 1.35. The summed E-state index contributed by atoms with van der Waals surface area (Å²) in [5.41, 5.74) is 5.94. The number of H-pyrrole nitrogens is 1. The molecule has 0 aliphatic rings. The van der Waals surface area contributed by atoms with Crippen LogP contribution >= 0.6 is 0 Å². The zero-order valence-corrected chi connectivity index (χ0v) is 21.0. The number of anilines is 1. The van der Waals surface area contributed by atoms with Gasteiger partial charge in [0.05, 0.1) is 23.5 Å². The molecule has 0 saturated heterocycles. The molecule has 5 aromatic rings. The third-order valence-corrected chi connectivity index (χ3v) is 6.34. The van der Waals surface area contributed by atoms with Crippen LogP contribution in [0.2, 0.25) is 0 Å². The highest BCUT2D eigenvalue weighted by Gasteiger charge is 2.15. The second-order valence-corrected chi connectivity index (χ2v) is 9.13. The number of hydrogen-bond acceptors (Lipinski definition) is 7. The first kappa shape index (κ1) is 24.0. The van der Waals surface area contributed by atoms with Gasteiger partial charge in [0, 0.05) is 86.8 Å². The van der Waals surface area contributed by atoms with E-state index in [0.717, 1.165) is 58.8 Å². The van der Waals surface area contributed by atoms with Crippen molar-refractivity contribution in [2.24, 2.45) is 7.05 Å². The zero-order valence-electron chi connectivity index (χ0n) is 21.0. The molecule has 5 heterocycles. The van der Waals surface area contributed by atoms with E-state index < -0.39 is 0 Å². The van der Waals surface area contributed by atoms with Crippen LogP contribution in [0.5, 0.6) is 0 Å². The Morgan fingerprint density at radius 1 is 1.00 bits per heavy atom. The highest BCUT2D eigenvalue weighted by molar-refractivity contribution is 5.87. The molecule has 1 N–H and O–H groups in total. The number of aryl methyl sites for hydroxylation is 1. The van der Waals surface area contributed by atoms with Crippen LogP contribution in [0.4, 0.5) is 5.82 Å². The Morgan fingerprint density at radius 2 is 1.86 bits per heavy atom. The summed E-state index contributed by atoms with van der Waals surface area (Å²) in [6.45, 7) is 2.36. The van der Waals surface area contributed by atoms with Crippen LogP contribution < -0.4 is 10.5 Å². The fraction of sp³-hybridized carbons (Fsp3) is 0.222. The van der Waals surface area contributed by atoms with Gasteiger partial charge in [-0.25, -0.2) is 9.50 Å². The number of likely N-dealkylation sites (N-methyl/N-ethyl adjacent to an activating group) is 2. The Bertz CT molecular complexity index is 1620. The molecular weight excluding hydrogens is 466 g/mol. The molecule has 5 aromatic heterocycles. The first-order chi connectivity index (χ1) is 17.9. The standard InChI is InChI=1S/C27H27N9O/c1-33(16-19-4-7-26(37)30-12-19)8-9-34(2)25-6-5-20(13-29-25)24-10-21(23-15-31-35(3)17-23)18-36-27(24)22(11-28)14-32-36/h4-7,10,12-15,17-18H,8-9,16H2,1-3H3,(H,30,37). The van der Waals surface area contributed by atoms with Crippen LogP contribution in [-0.4, -0.2) is 61.4 Å². The second kappa shape index (κ2) is 10.1. The number of rotatable bonds is 8. The molecule has 0 amide bonds. The van der Waals surface area contributed by atoms with Crippen molar-refractivity contribution in [3.8, 4) is 28.3 Å². The number of aromatic amines is 1. The molecule has 0 spiro atoms. The summed E-state index contributed by atoms with van der Waals surface area (Å²) in [4.78, 5) is 23.0. The van der Waals surface area contributed by atoms with Gasteiger partial charge < -0.3 is 14.8 Å². The molecule has 0 aliphatic carbocycles. The van der Waals surface area contributed by atoms with E-state index in [1.54, 1.807) is 27.7 Å². The van der Waals surface area contributed by atoms with Gasteiger partial charge in [-0.3, -0.25) is 9.48 Å². The van der Waals surface area contributed by atoms with E-state index in [2.05, 4.69) is 37.1 Å². The smallest absolute Gasteiger partial charge is 0.247 e. The van der Waals surface area contributed by atoms with Crippen molar-refractivity contribution in [2.75, 3.05) is 32.1 Å². The second-order valence-electron chi connectivity index (χ2n) is 9.13. The minimum Gasteiger partial charge on any atom is -0.358 e. The highest BCUT2D eigenvalue weighted by Crippen LogP contribution is 2.32. The van der Waals surface area contributed by atoms with Crippen LogP contribution in [0.25, 0.3) is 27.8 Å². The van der Waals surface area contributed by atoms with E-state index in [1.807, 2.05) is 64.1 Å². The van der Waals surface area contributed by atoms with E-state index in [4.69, 9.17) is 4.98 Å². The quantitative estimate of drug-likeness (QED) is 0.354. The Hall–Kier alpha value is -4.75. The summed E-state index contributed by atoms with van der Waals surface area (Å²) in [5, 5.41) is 18.3. The fourth-order valence-electron chi connectivity index (χ4n) is 4.29. The van der Waals surface area contributed by atoms with Crippen molar-refractivity contribution < 1.29 is 0 Å². The third kappa shape index (κ3) is 5.12. The van der Waals surface area contributed by atoms with Gasteiger partial charge >= 0.3 is 0 Å². The van der Waals surface area contributed by atoms with Crippen molar-refractivity contribution in [1.82, 2.24) is 34.3 Å². The minimum absolute atomic E-state index is 0.0951. The van der Waals surface area contributed by atoms with Gasteiger partial charge in [-0.05, 0) is 30.8 Å². The summed E-state index contributed by atoms with van der Waals surface area (Å²) in [6.07, 6.45) is 10.9. The van der Waals surface area contributed by atoms with Crippen LogP contribution in [0, 0.1) is 11.3 Å². The number of fused-ring (bicyclic) bond motifs is 1. The topological polar surface area (TPSA) is 111 Å². The zero-order chi connectivity index (χ0) is 25.9. The normalized spacial score (nSPS) is 11.2. The summed E-state index contributed by atoms with van der Waals surface area (Å²) in [7, 11) is 5.95. The molecule has 0 radical (unpaired) electrons. The molecule has 10 heteroatoms. The van der Waals surface area contributed by atoms with Gasteiger partial charge in [-0.15, -0.1) is 0 Å². The Kier molecular flexibility index (Phi) is 6.53. The molecule has 0 bridgehead atoms. The molecule has 0 aliphatic heterocycles. The molecule has 5 rings (SSSR count). The number of aromatic nitrogens is 6. The fourth-order valence-corrected chi connectivity index (χ4v) is 4.29. The number of hydrogen-bond donors (Lipinski definition) is 1. The lowest BCUT2D eigenvalue weighted by Crippen LogP contribution is -2.31. The lowest BCUT2D eigenvalue weighted by molar-refractivity contribution is 0.333. The maximum Gasteiger partial charge on any atom is 0.247 e. The average molecular weight is 494 g/mol. The van der Waals surface area contributed by atoms with E-state index >= 15 is 0 Å². The van der Waals surface area contributed by atoms with Gasteiger partial charge in [0.15, 0.2) is 0 Å². The van der Waals surface area contributed by atoms with Crippen LogP contribution in [-0.2, 0) is 13.6 Å². The predicted octanol–water partition coefficient (Wildman–Crippen LogP) is 2.92. The third-order valence-electron chi connectivity index (χ3n) is 6.34. The SMILES string of the molecule is CN(CCN(C)c1ccc(-c2cc(-c3cnn(C)c3)cn3ncc(C#N)c23)cn1)Cc1ccc(=O)[nH]c1. The Labute approximate surface area is 214 Å². The van der Waals surface area contributed by atoms with Crippen LogP contribution in [0.1, 0.15) is 11.1 Å². The van der Waals surface area contributed by atoms with Gasteiger partial charge in [0.2, 0.25) is 5.56 Å². The molecule has 0 unspecified atom stereocenters. The van der Waals surface area contributed by atoms with Gasteiger partial charge in [0.1, 0.15) is 11.9 Å². The number of nitrogens with one attached hydrogen (secondary N) is 1. The van der Waals surface area contributed by atoms with Crippen molar-refractivity contribution in [3.05, 3.63) is 89.0 Å². The van der Waals surface area contributed by atoms with Gasteiger partial charge in [-0.1, -0.05) is 6.07 Å². The average Bonchev–Trinajstić information content (AvgIpc) is 3.54. The molecule has 0 aromatic carbocycles. The molecule has 37 heavy (non-hydrogen) atoms. The first-order valence-corrected chi connectivity index (χ1v) is 11.9. The maximum atomic E-state index is 11.3. The predicted molar refractivity (Wildman–Crippen MR) is 142 cm³/mol. The molecule has 0 saturated carbocycles.